The maximum atomic E-state index is 12.0. The first-order valence-electron chi connectivity index (χ1n) is 6.69. The Kier molecular flexibility index (Phi) is 3.22. The van der Waals surface area contributed by atoms with Gasteiger partial charge < -0.3 is 13.9 Å². The standard InChI is InChI=1S/C15H16O5/c1-8-6-11(18-7-8)12(16)9(2)4-3-5-10-13-15(19-13)20-14(10)17/h4,6-7,10,13,15H,3,5H2,1-2H3/b9-4+/t10-,13+,15-/m0/s1. The number of carbonyl (C=O) groups excluding carboxylic acids is 2. The van der Waals surface area contributed by atoms with E-state index in [0.29, 0.717) is 24.2 Å². The molecule has 3 heterocycles. The highest BCUT2D eigenvalue weighted by atomic mass is 16.8. The van der Waals surface area contributed by atoms with E-state index in [9.17, 15) is 9.59 Å². The van der Waals surface area contributed by atoms with E-state index in [4.69, 9.17) is 13.9 Å². The second-order valence-electron chi connectivity index (χ2n) is 5.29. The number of fused-ring (bicyclic) bond motifs is 1. The third kappa shape index (κ3) is 2.41. The highest BCUT2D eigenvalue weighted by Crippen LogP contribution is 2.40. The molecule has 0 amide bonds. The minimum absolute atomic E-state index is 0.0698. The van der Waals surface area contributed by atoms with Gasteiger partial charge in [-0.25, -0.2) is 0 Å². The van der Waals surface area contributed by atoms with E-state index in [-0.39, 0.29) is 30.1 Å². The third-order valence-corrected chi connectivity index (χ3v) is 3.66. The number of ketones is 1. The van der Waals surface area contributed by atoms with E-state index in [0.717, 1.165) is 5.56 Å². The van der Waals surface area contributed by atoms with Crippen molar-refractivity contribution in [3.05, 3.63) is 35.3 Å². The number of aryl methyl sites for hydroxylation is 1. The Morgan fingerprint density at radius 1 is 1.45 bits per heavy atom. The van der Waals surface area contributed by atoms with Crippen LogP contribution in [0.5, 0.6) is 0 Å². The number of epoxide rings is 1. The van der Waals surface area contributed by atoms with Gasteiger partial charge in [-0.05, 0) is 43.9 Å². The molecule has 5 heteroatoms. The van der Waals surface area contributed by atoms with Gasteiger partial charge in [-0.2, -0.15) is 0 Å². The van der Waals surface area contributed by atoms with Crippen LogP contribution < -0.4 is 0 Å². The predicted octanol–water partition coefficient (Wildman–Crippen LogP) is 2.40. The first-order valence-corrected chi connectivity index (χ1v) is 6.69. The summed E-state index contributed by atoms with van der Waals surface area (Å²) in [6.07, 6.45) is 4.29. The van der Waals surface area contributed by atoms with Gasteiger partial charge in [0.05, 0.1) is 12.2 Å². The van der Waals surface area contributed by atoms with Crippen molar-refractivity contribution in [1.82, 2.24) is 0 Å². The number of carbonyl (C=O) groups is 2. The van der Waals surface area contributed by atoms with Crippen molar-refractivity contribution in [2.75, 3.05) is 0 Å². The topological polar surface area (TPSA) is 69.0 Å². The van der Waals surface area contributed by atoms with Crippen molar-refractivity contribution < 1.29 is 23.5 Å². The lowest BCUT2D eigenvalue weighted by molar-refractivity contribution is -0.151. The van der Waals surface area contributed by atoms with Crippen LogP contribution >= 0.6 is 0 Å². The molecule has 0 radical (unpaired) electrons. The minimum Gasteiger partial charge on any atom is -0.461 e. The number of furan rings is 1. The molecule has 0 saturated carbocycles. The van der Waals surface area contributed by atoms with Crippen LogP contribution in [0, 0.1) is 12.8 Å². The molecule has 2 fully saturated rings. The number of hydrogen-bond acceptors (Lipinski definition) is 5. The lowest BCUT2D eigenvalue weighted by Crippen LogP contribution is -2.15. The number of allylic oxidation sites excluding steroid dienone is 2. The average molecular weight is 276 g/mol. The molecule has 2 aliphatic rings. The number of rotatable bonds is 5. The molecule has 5 nitrogen and oxygen atoms in total. The van der Waals surface area contributed by atoms with Crippen LogP contribution in [-0.2, 0) is 14.3 Å². The van der Waals surface area contributed by atoms with Gasteiger partial charge in [0, 0.05) is 0 Å². The zero-order valence-electron chi connectivity index (χ0n) is 11.4. The smallest absolute Gasteiger partial charge is 0.314 e. The van der Waals surface area contributed by atoms with Gasteiger partial charge >= 0.3 is 5.97 Å². The zero-order chi connectivity index (χ0) is 14.3. The van der Waals surface area contributed by atoms with Crippen molar-refractivity contribution >= 4 is 11.8 Å². The van der Waals surface area contributed by atoms with E-state index in [1.807, 2.05) is 13.0 Å². The van der Waals surface area contributed by atoms with Gasteiger partial charge in [-0.3, -0.25) is 9.59 Å². The van der Waals surface area contributed by atoms with E-state index in [1.165, 1.54) is 0 Å². The molecule has 0 aliphatic carbocycles. The number of esters is 1. The Bertz CT molecular complexity index is 583. The van der Waals surface area contributed by atoms with E-state index in [2.05, 4.69) is 0 Å². The van der Waals surface area contributed by atoms with Gasteiger partial charge in [0.25, 0.3) is 0 Å². The Labute approximate surface area is 116 Å². The number of Topliss-reactive ketones (excluding diaryl/α,β-unsaturated/α-hetero) is 1. The first-order chi connectivity index (χ1) is 9.56. The van der Waals surface area contributed by atoms with E-state index in [1.54, 1.807) is 19.3 Å². The van der Waals surface area contributed by atoms with Crippen LogP contribution in [-0.4, -0.2) is 24.1 Å². The molecule has 20 heavy (non-hydrogen) atoms. The van der Waals surface area contributed by atoms with Crippen LogP contribution in [0.15, 0.2) is 28.4 Å². The highest BCUT2D eigenvalue weighted by Gasteiger charge is 2.57. The lowest BCUT2D eigenvalue weighted by atomic mass is 9.99. The first kappa shape index (κ1) is 13.1. The fourth-order valence-electron chi connectivity index (χ4n) is 2.42. The molecule has 3 rings (SSSR count). The number of ether oxygens (including phenoxy) is 2. The normalized spacial score (nSPS) is 28.2. The molecule has 1 aromatic rings. The molecule has 0 bridgehead atoms. The second kappa shape index (κ2) is 4.90. The van der Waals surface area contributed by atoms with Crippen molar-refractivity contribution in [1.29, 1.82) is 0 Å². The van der Waals surface area contributed by atoms with Crippen LogP contribution in [0.4, 0.5) is 0 Å². The summed E-state index contributed by atoms with van der Waals surface area (Å²) < 4.78 is 15.3. The molecule has 0 N–H and O–H groups in total. The van der Waals surface area contributed by atoms with Gasteiger partial charge in [0.2, 0.25) is 12.1 Å². The van der Waals surface area contributed by atoms with Crippen LogP contribution in [0.25, 0.3) is 0 Å². The lowest BCUT2D eigenvalue weighted by Gasteiger charge is -2.05. The van der Waals surface area contributed by atoms with Gasteiger partial charge in [-0.15, -0.1) is 0 Å². The van der Waals surface area contributed by atoms with Crippen molar-refractivity contribution in [3.63, 3.8) is 0 Å². The Balaban J connectivity index is 1.56. The van der Waals surface area contributed by atoms with Gasteiger partial charge in [0.15, 0.2) is 5.76 Å². The largest absolute Gasteiger partial charge is 0.461 e. The molecule has 2 saturated heterocycles. The van der Waals surface area contributed by atoms with Crippen LogP contribution in [0.3, 0.4) is 0 Å². The van der Waals surface area contributed by atoms with Gasteiger partial charge in [0.1, 0.15) is 6.10 Å². The molecule has 1 aromatic heterocycles. The quantitative estimate of drug-likeness (QED) is 0.357. The Hall–Kier alpha value is -1.88. The molecule has 0 aromatic carbocycles. The molecule has 2 aliphatic heterocycles. The Morgan fingerprint density at radius 2 is 2.25 bits per heavy atom. The fourth-order valence-corrected chi connectivity index (χ4v) is 2.42. The summed E-state index contributed by atoms with van der Waals surface area (Å²) in [6.45, 7) is 3.63. The predicted molar refractivity (Wildman–Crippen MR) is 69.0 cm³/mol. The summed E-state index contributed by atoms with van der Waals surface area (Å²) in [5.74, 6) is -0.148. The maximum absolute atomic E-state index is 12.0. The summed E-state index contributed by atoms with van der Waals surface area (Å²) in [7, 11) is 0. The summed E-state index contributed by atoms with van der Waals surface area (Å²) in [6, 6.07) is 1.72. The Morgan fingerprint density at radius 3 is 2.85 bits per heavy atom. The molecular formula is C15H16O5. The zero-order valence-corrected chi connectivity index (χ0v) is 11.4. The third-order valence-electron chi connectivity index (χ3n) is 3.66. The van der Waals surface area contributed by atoms with E-state index >= 15 is 0 Å². The van der Waals surface area contributed by atoms with Gasteiger partial charge in [-0.1, -0.05) is 6.08 Å². The fraction of sp³-hybridized carbons (Fsp3) is 0.467. The monoisotopic (exact) mass is 276 g/mol. The van der Waals surface area contributed by atoms with Crippen molar-refractivity contribution in [3.8, 4) is 0 Å². The van der Waals surface area contributed by atoms with Crippen molar-refractivity contribution in [2.45, 2.75) is 39.1 Å². The molecule has 0 spiro atoms. The van der Waals surface area contributed by atoms with Crippen molar-refractivity contribution in [2.24, 2.45) is 5.92 Å². The van der Waals surface area contributed by atoms with E-state index < -0.39 is 0 Å². The molecule has 3 atom stereocenters. The highest BCUT2D eigenvalue weighted by molar-refractivity contribution is 6.06. The number of hydrogen-bond donors (Lipinski definition) is 0. The maximum Gasteiger partial charge on any atom is 0.314 e. The second-order valence-corrected chi connectivity index (χ2v) is 5.29. The molecule has 106 valence electrons. The summed E-state index contributed by atoms with van der Waals surface area (Å²) >= 11 is 0. The molecule has 0 unspecified atom stereocenters. The van der Waals surface area contributed by atoms with Crippen LogP contribution in [0.1, 0.15) is 35.9 Å². The summed E-state index contributed by atoms with van der Waals surface area (Å²) in [5.41, 5.74) is 1.55. The molecular weight excluding hydrogens is 260 g/mol. The summed E-state index contributed by atoms with van der Waals surface area (Å²) in [4.78, 5) is 23.5. The minimum atomic E-state index is -0.315. The summed E-state index contributed by atoms with van der Waals surface area (Å²) in [5, 5.41) is 0. The SMILES string of the molecule is C/C(=C\CC[C@@H]1C(=O)O[C@@H]2O[C@@H]21)C(=O)c1cc(C)co1. The average Bonchev–Trinajstić information content (AvgIpc) is 2.90. The van der Waals surface area contributed by atoms with Crippen LogP contribution in [0.2, 0.25) is 0 Å².